The van der Waals surface area contributed by atoms with Gasteiger partial charge in [0.15, 0.2) is 0 Å². The summed E-state index contributed by atoms with van der Waals surface area (Å²) in [5.41, 5.74) is 4.37. The predicted molar refractivity (Wildman–Crippen MR) is 187 cm³/mol. The third-order valence-electron chi connectivity index (χ3n) is 8.87. The van der Waals surface area contributed by atoms with Gasteiger partial charge in [-0.3, -0.25) is 9.97 Å². The molecule has 2 aromatic carbocycles. The Hall–Kier alpha value is -3.90. The van der Waals surface area contributed by atoms with Crippen LogP contribution < -0.4 is 9.47 Å². The standard InChI is InChI=1S/C40H48N2O8/c1-3-17-41-33(5-1)25-47-37-27-45-23-21-43-19-20-44-22-24-46-28-38(48-26-34-6-2-4-18-42-34)30-50-36-13-9-32(10-14-36)40-16-15-39(40)31-7-11-35(12-8-31)49-29-37/h1-14,17-18,37-40H,15-16,19-30H2. The van der Waals surface area contributed by atoms with Crippen LogP contribution in [0.25, 0.3) is 0 Å². The summed E-state index contributed by atoms with van der Waals surface area (Å²) in [6, 6.07) is 28.5. The maximum absolute atomic E-state index is 6.17. The van der Waals surface area contributed by atoms with E-state index < -0.39 is 0 Å². The molecule has 4 aliphatic rings. The molecule has 0 radical (unpaired) electrons. The van der Waals surface area contributed by atoms with Gasteiger partial charge in [-0.05, 0) is 84.3 Å². The molecule has 0 spiro atoms. The highest BCUT2D eigenvalue weighted by Crippen LogP contribution is 2.49. The molecule has 0 N–H and O–H groups in total. The molecule has 8 rings (SSSR count). The third-order valence-corrected chi connectivity index (χ3v) is 8.87. The molecule has 10 heteroatoms. The lowest BCUT2D eigenvalue weighted by Crippen LogP contribution is -2.28. The van der Waals surface area contributed by atoms with Crippen molar-refractivity contribution in [3.05, 3.63) is 120 Å². The van der Waals surface area contributed by atoms with E-state index in [4.69, 9.17) is 37.9 Å². The van der Waals surface area contributed by atoms with Gasteiger partial charge in [-0.1, -0.05) is 36.4 Å². The molecule has 4 unspecified atom stereocenters. The zero-order valence-electron chi connectivity index (χ0n) is 28.6. The van der Waals surface area contributed by atoms with E-state index in [0.29, 0.717) is 91.1 Å². The minimum Gasteiger partial charge on any atom is -0.491 e. The average molecular weight is 685 g/mol. The number of hydrogen-bond donors (Lipinski definition) is 0. The predicted octanol–water partition coefficient (Wildman–Crippen LogP) is 6.15. The van der Waals surface area contributed by atoms with Crippen molar-refractivity contribution in [2.75, 3.05) is 66.1 Å². The number of fused-ring (bicyclic) bond motifs is 2. The van der Waals surface area contributed by atoms with E-state index in [9.17, 15) is 0 Å². The van der Waals surface area contributed by atoms with Crippen molar-refractivity contribution in [1.29, 1.82) is 0 Å². The first kappa shape index (κ1) is 35.9. The summed E-state index contributed by atoms with van der Waals surface area (Å²) in [5.74, 6) is 2.56. The second-order valence-electron chi connectivity index (χ2n) is 12.4. The van der Waals surface area contributed by atoms with Gasteiger partial charge in [-0.2, -0.15) is 0 Å². The number of hydrogen-bond acceptors (Lipinski definition) is 10. The van der Waals surface area contributed by atoms with E-state index in [2.05, 4.69) is 58.5 Å². The van der Waals surface area contributed by atoms with Gasteiger partial charge in [0.05, 0.1) is 77.5 Å². The summed E-state index contributed by atoms with van der Waals surface area (Å²) in [7, 11) is 0. The third kappa shape index (κ3) is 11.6. The maximum atomic E-state index is 6.17. The molecule has 0 amide bonds. The summed E-state index contributed by atoms with van der Waals surface area (Å²) < 4.78 is 47.9. The molecule has 3 aliphatic heterocycles. The first-order chi connectivity index (χ1) is 24.8. The first-order valence-corrected chi connectivity index (χ1v) is 17.6. The molecule has 0 saturated heterocycles. The van der Waals surface area contributed by atoms with Gasteiger partial charge in [0.2, 0.25) is 0 Å². The van der Waals surface area contributed by atoms with Crippen LogP contribution in [0.1, 0.15) is 47.2 Å². The fraction of sp³-hybridized carbons (Fsp3) is 0.450. The average Bonchev–Trinajstić information content (AvgIpc) is 3.15. The highest BCUT2D eigenvalue weighted by atomic mass is 16.6. The number of aromatic nitrogens is 2. The van der Waals surface area contributed by atoms with Crippen LogP contribution in [-0.2, 0) is 41.6 Å². The Morgan fingerprint density at radius 2 is 0.900 bits per heavy atom. The summed E-state index contributed by atoms with van der Waals surface area (Å²) >= 11 is 0. The lowest BCUT2D eigenvalue weighted by atomic mass is 9.67. The summed E-state index contributed by atoms with van der Waals surface area (Å²) in [6.07, 6.45) is 5.31. The van der Waals surface area contributed by atoms with Gasteiger partial charge in [0, 0.05) is 12.4 Å². The Balaban J connectivity index is 1.07. The lowest BCUT2D eigenvalue weighted by Gasteiger charge is -2.37. The molecule has 50 heavy (non-hydrogen) atoms. The summed E-state index contributed by atoms with van der Waals surface area (Å²) in [5, 5.41) is 0. The lowest BCUT2D eigenvalue weighted by molar-refractivity contribution is -0.0636. The monoisotopic (exact) mass is 684 g/mol. The Labute approximate surface area is 295 Å². The molecule has 4 atom stereocenters. The Morgan fingerprint density at radius 1 is 0.480 bits per heavy atom. The topological polar surface area (TPSA) is 99.6 Å². The fourth-order valence-electron chi connectivity index (χ4n) is 5.95. The number of benzene rings is 2. The van der Waals surface area contributed by atoms with E-state index in [1.165, 1.54) is 11.1 Å². The largest absolute Gasteiger partial charge is 0.491 e. The summed E-state index contributed by atoms with van der Waals surface area (Å²) in [6.45, 7) is 4.95. The van der Waals surface area contributed by atoms with E-state index in [1.807, 2.05) is 36.4 Å². The molecule has 1 fully saturated rings. The zero-order chi connectivity index (χ0) is 34.1. The summed E-state index contributed by atoms with van der Waals surface area (Å²) in [4.78, 5) is 8.74. The van der Waals surface area contributed by atoms with Crippen LogP contribution in [0, 0.1) is 0 Å². The van der Waals surface area contributed by atoms with Crippen LogP contribution in [-0.4, -0.2) is 88.2 Å². The van der Waals surface area contributed by atoms with Crippen LogP contribution in [0.3, 0.4) is 0 Å². The molecule has 4 bridgehead atoms. The van der Waals surface area contributed by atoms with Crippen LogP contribution in [0.5, 0.6) is 11.5 Å². The van der Waals surface area contributed by atoms with Crippen molar-refractivity contribution in [2.45, 2.75) is 50.1 Å². The maximum Gasteiger partial charge on any atom is 0.119 e. The van der Waals surface area contributed by atoms with Gasteiger partial charge in [-0.15, -0.1) is 0 Å². The van der Waals surface area contributed by atoms with Crippen LogP contribution >= 0.6 is 0 Å². The molecule has 2 aromatic heterocycles. The second-order valence-corrected chi connectivity index (χ2v) is 12.4. The quantitative estimate of drug-likeness (QED) is 0.235. The van der Waals surface area contributed by atoms with Crippen molar-refractivity contribution in [2.24, 2.45) is 0 Å². The van der Waals surface area contributed by atoms with Gasteiger partial charge in [0.1, 0.15) is 36.9 Å². The Kier molecular flexibility index (Phi) is 14.4. The van der Waals surface area contributed by atoms with Gasteiger partial charge >= 0.3 is 0 Å². The molecule has 4 aromatic rings. The van der Waals surface area contributed by atoms with Crippen molar-refractivity contribution in [3.8, 4) is 11.5 Å². The van der Waals surface area contributed by atoms with Crippen molar-refractivity contribution in [3.63, 3.8) is 0 Å². The smallest absolute Gasteiger partial charge is 0.119 e. The molecular formula is C40H48N2O8. The van der Waals surface area contributed by atoms with Gasteiger partial charge < -0.3 is 37.9 Å². The molecule has 1 aliphatic carbocycles. The van der Waals surface area contributed by atoms with Crippen molar-refractivity contribution in [1.82, 2.24) is 9.97 Å². The number of ether oxygens (including phenoxy) is 8. The number of rotatable bonds is 6. The highest BCUT2D eigenvalue weighted by molar-refractivity contribution is 5.37. The highest BCUT2D eigenvalue weighted by Gasteiger charge is 2.33. The molecular weight excluding hydrogens is 636 g/mol. The number of nitrogens with zero attached hydrogens (tertiary/aromatic N) is 2. The van der Waals surface area contributed by atoms with Crippen LogP contribution in [0.15, 0.2) is 97.3 Å². The van der Waals surface area contributed by atoms with Crippen molar-refractivity contribution < 1.29 is 37.9 Å². The molecule has 10 nitrogen and oxygen atoms in total. The fourth-order valence-corrected chi connectivity index (χ4v) is 5.95. The Bertz CT molecular complexity index is 1380. The van der Waals surface area contributed by atoms with E-state index in [0.717, 1.165) is 35.7 Å². The van der Waals surface area contributed by atoms with E-state index in [-0.39, 0.29) is 12.2 Å². The number of pyridine rings is 2. The zero-order valence-corrected chi connectivity index (χ0v) is 28.6. The Morgan fingerprint density at radius 3 is 1.28 bits per heavy atom. The SMILES string of the molecule is c1ccc(COC2COCCOCCOCCOCC(OCc3ccccn3)COc3ccc(cc3)C3CCC3c3ccc(cc3)OC2)nc1. The van der Waals surface area contributed by atoms with E-state index >= 15 is 0 Å². The molecule has 5 heterocycles. The minimum absolute atomic E-state index is 0.269. The normalized spacial score (nSPS) is 23.0. The minimum atomic E-state index is -0.269. The van der Waals surface area contributed by atoms with Gasteiger partial charge in [0.25, 0.3) is 0 Å². The molecule has 1 saturated carbocycles. The van der Waals surface area contributed by atoms with Crippen LogP contribution in [0.4, 0.5) is 0 Å². The van der Waals surface area contributed by atoms with Gasteiger partial charge in [-0.25, -0.2) is 0 Å². The molecule has 266 valence electrons. The van der Waals surface area contributed by atoms with Crippen molar-refractivity contribution >= 4 is 0 Å². The first-order valence-electron chi connectivity index (χ1n) is 17.6. The second kappa shape index (κ2) is 20.1. The van der Waals surface area contributed by atoms with Crippen LogP contribution in [0.2, 0.25) is 0 Å². The van der Waals surface area contributed by atoms with E-state index in [1.54, 1.807) is 12.4 Å².